The van der Waals surface area contributed by atoms with Crippen LogP contribution in [0.5, 0.6) is 0 Å². The van der Waals surface area contributed by atoms with Crippen LogP contribution >= 0.6 is 12.4 Å². The Morgan fingerprint density at radius 2 is 2.04 bits per heavy atom. The molecule has 0 aliphatic carbocycles. The second kappa shape index (κ2) is 6.62. The van der Waals surface area contributed by atoms with Gasteiger partial charge >= 0.3 is 0 Å². The lowest BCUT2D eigenvalue weighted by Gasteiger charge is -2.30. The van der Waals surface area contributed by atoms with Crippen molar-refractivity contribution in [1.82, 2.24) is 5.32 Å². The summed E-state index contributed by atoms with van der Waals surface area (Å²) in [5.41, 5.74) is 0.974. The summed E-state index contributed by atoms with van der Waals surface area (Å²) in [6.07, 6.45) is 3.37. The van der Waals surface area contributed by atoms with Crippen LogP contribution in [0, 0.1) is 5.82 Å². The molecule has 2 heterocycles. The topological polar surface area (TPSA) is 79.8 Å². The van der Waals surface area contributed by atoms with E-state index in [1.165, 1.54) is 12.1 Å². The van der Waals surface area contributed by atoms with Crippen LogP contribution in [-0.4, -0.2) is 39.1 Å². The van der Waals surface area contributed by atoms with E-state index in [4.69, 9.17) is 4.84 Å². The lowest BCUT2D eigenvalue weighted by Crippen LogP contribution is -2.42. The standard InChI is InChI=1S/C14H18FN3O3S.ClH/c1-22(19,20)18-12-3-2-10(8-11(12)15)13-9-14(21-17-13)4-6-16-7-5-14;/h2-3,8,16,18H,4-7,9H2,1H3;1H. The highest BCUT2D eigenvalue weighted by atomic mass is 35.5. The van der Waals surface area contributed by atoms with Gasteiger partial charge in [0.2, 0.25) is 10.0 Å². The molecule has 2 aliphatic rings. The van der Waals surface area contributed by atoms with Crippen molar-refractivity contribution in [3.05, 3.63) is 29.6 Å². The first-order valence-corrected chi connectivity index (χ1v) is 9.00. The van der Waals surface area contributed by atoms with Crippen LogP contribution in [0.15, 0.2) is 23.4 Å². The first-order chi connectivity index (χ1) is 10.4. The Labute approximate surface area is 140 Å². The van der Waals surface area contributed by atoms with Crippen molar-refractivity contribution >= 4 is 33.8 Å². The first kappa shape index (κ1) is 18.0. The van der Waals surface area contributed by atoms with Gasteiger partial charge in [-0.2, -0.15) is 0 Å². The number of sulfonamides is 1. The van der Waals surface area contributed by atoms with E-state index in [1.54, 1.807) is 6.07 Å². The monoisotopic (exact) mass is 363 g/mol. The van der Waals surface area contributed by atoms with Crippen LogP contribution < -0.4 is 10.0 Å². The van der Waals surface area contributed by atoms with Crippen LogP contribution in [-0.2, 0) is 14.9 Å². The molecule has 1 aromatic carbocycles. The zero-order valence-electron chi connectivity index (χ0n) is 12.6. The number of nitrogens with one attached hydrogen (secondary N) is 2. The van der Waals surface area contributed by atoms with E-state index >= 15 is 0 Å². The number of rotatable bonds is 3. The van der Waals surface area contributed by atoms with Gasteiger partial charge in [0.25, 0.3) is 0 Å². The lowest BCUT2D eigenvalue weighted by molar-refractivity contribution is -0.0400. The molecule has 0 amide bonds. The molecule has 6 nitrogen and oxygen atoms in total. The van der Waals surface area contributed by atoms with Crippen molar-refractivity contribution in [2.45, 2.75) is 24.9 Å². The van der Waals surface area contributed by atoms with Crippen molar-refractivity contribution in [2.24, 2.45) is 5.16 Å². The molecule has 1 spiro atoms. The molecule has 0 saturated carbocycles. The molecule has 0 bridgehead atoms. The van der Waals surface area contributed by atoms with Crippen LogP contribution in [0.3, 0.4) is 0 Å². The average Bonchev–Trinajstić information content (AvgIpc) is 2.84. The molecule has 0 atom stereocenters. The smallest absolute Gasteiger partial charge is 0.229 e. The highest BCUT2D eigenvalue weighted by Crippen LogP contribution is 2.34. The summed E-state index contributed by atoms with van der Waals surface area (Å²) in [7, 11) is -3.51. The van der Waals surface area contributed by atoms with Gasteiger partial charge in [0.1, 0.15) is 11.4 Å². The van der Waals surface area contributed by atoms with Gasteiger partial charge < -0.3 is 10.2 Å². The average molecular weight is 364 g/mol. The third-order valence-corrected chi connectivity index (χ3v) is 4.54. The fourth-order valence-electron chi connectivity index (χ4n) is 2.80. The number of anilines is 1. The quantitative estimate of drug-likeness (QED) is 0.859. The number of benzene rings is 1. The number of oxime groups is 1. The molecule has 9 heteroatoms. The van der Waals surface area contributed by atoms with Crippen LogP contribution in [0.25, 0.3) is 0 Å². The molecule has 2 aliphatic heterocycles. The first-order valence-electron chi connectivity index (χ1n) is 7.10. The van der Waals surface area contributed by atoms with Gasteiger partial charge in [-0.25, -0.2) is 12.8 Å². The molecule has 0 unspecified atom stereocenters. The van der Waals surface area contributed by atoms with E-state index in [1.807, 2.05) is 0 Å². The van der Waals surface area contributed by atoms with Gasteiger partial charge in [-0.15, -0.1) is 12.4 Å². The molecular weight excluding hydrogens is 345 g/mol. The molecule has 1 saturated heterocycles. The zero-order valence-corrected chi connectivity index (χ0v) is 14.3. The summed E-state index contributed by atoms with van der Waals surface area (Å²) in [6, 6.07) is 4.34. The van der Waals surface area contributed by atoms with Crippen LogP contribution in [0.1, 0.15) is 24.8 Å². The minimum absolute atomic E-state index is 0. The summed E-state index contributed by atoms with van der Waals surface area (Å²) in [6.45, 7) is 1.77. The van der Waals surface area contributed by atoms with Gasteiger partial charge in [-0.3, -0.25) is 4.72 Å². The third-order valence-electron chi connectivity index (χ3n) is 3.95. The molecule has 128 valence electrons. The minimum Gasteiger partial charge on any atom is -0.388 e. The normalized spacial score (nSPS) is 19.7. The molecule has 3 rings (SSSR count). The second-order valence-electron chi connectivity index (χ2n) is 5.81. The third kappa shape index (κ3) is 4.13. The number of halogens is 2. The predicted molar refractivity (Wildman–Crippen MR) is 89.2 cm³/mol. The number of piperidine rings is 1. The van der Waals surface area contributed by atoms with Gasteiger partial charge in [0, 0.05) is 24.8 Å². The fourth-order valence-corrected chi connectivity index (χ4v) is 3.37. The van der Waals surface area contributed by atoms with Gasteiger partial charge in [-0.1, -0.05) is 11.2 Å². The van der Waals surface area contributed by atoms with Crippen molar-refractivity contribution in [1.29, 1.82) is 0 Å². The lowest BCUT2D eigenvalue weighted by atomic mass is 9.86. The van der Waals surface area contributed by atoms with E-state index in [-0.39, 0.29) is 23.7 Å². The van der Waals surface area contributed by atoms with Crippen molar-refractivity contribution in [3.8, 4) is 0 Å². The molecule has 23 heavy (non-hydrogen) atoms. The van der Waals surface area contributed by atoms with E-state index in [9.17, 15) is 12.8 Å². The highest BCUT2D eigenvalue weighted by Gasteiger charge is 2.40. The summed E-state index contributed by atoms with van der Waals surface area (Å²) in [4.78, 5) is 5.61. The molecule has 0 aromatic heterocycles. The fraction of sp³-hybridized carbons (Fsp3) is 0.500. The van der Waals surface area contributed by atoms with Gasteiger partial charge in [0.15, 0.2) is 0 Å². The second-order valence-corrected chi connectivity index (χ2v) is 7.56. The van der Waals surface area contributed by atoms with Crippen LogP contribution in [0.4, 0.5) is 10.1 Å². The van der Waals surface area contributed by atoms with E-state index in [0.29, 0.717) is 17.7 Å². The SMILES string of the molecule is CS(=O)(=O)Nc1ccc(C2=NOC3(CCNCC3)C2)cc1F.Cl. The van der Waals surface area contributed by atoms with Crippen molar-refractivity contribution in [3.63, 3.8) is 0 Å². The Morgan fingerprint density at radius 1 is 1.35 bits per heavy atom. The molecule has 0 radical (unpaired) electrons. The van der Waals surface area contributed by atoms with Crippen molar-refractivity contribution in [2.75, 3.05) is 24.1 Å². The maximum Gasteiger partial charge on any atom is 0.229 e. The number of nitrogens with zero attached hydrogens (tertiary/aromatic N) is 1. The Kier molecular flexibility index (Phi) is 5.17. The predicted octanol–water partition coefficient (Wildman–Crippen LogP) is 1.87. The molecular formula is C14H19ClFN3O3S. The summed E-state index contributed by atoms with van der Waals surface area (Å²) < 4.78 is 38.5. The van der Waals surface area contributed by atoms with Crippen molar-refractivity contribution < 1.29 is 17.6 Å². The molecule has 1 aromatic rings. The van der Waals surface area contributed by atoms with E-state index < -0.39 is 15.8 Å². The number of hydrogen-bond donors (Lipinski definition) is 2. The summed E-state index contributed by atoms with van der Waals surface area (Å²) in [5, 5.41) is 7.38. The Bertz CT molecular complexity index is 718. The Balaban J connectivity index is 0.00000192. The Morgan fingerprint density at radius 3 is 2.65 bits per heavy atom. The minimum atomic E-state index is -3.51. The zero-order chi connectivity index (χ0) is 15.8. The molecule has 1 fully saturated rings. The number of hydrogen-bond acceptors (Lipinski definition) is 5. The van der Waals surface area contributed by atoms with E-state index in [0.717, 1.165) is 32.2 Å². The van der Waals surface area contributed by atoms with E-state index in [2.05, 4.69) is 15.2 Å². The maximum atomic E-state index is 14.0. The van der Waals surface area contributed by atoms with Gasteiger partial charge in [-0.05, 0) is 25.2 Å². The van der Waals surface area contributed by atoms with Gasteiger partial charge in [0.05, 0.1) is 17.7 Å². The largest absolute Gasteiger partial charge is 0.388 e. The summed E-state index contributed by atoms with van der Waals surface area (Å²) in [5.74, 6) is -0.628. The maximum absolute atomic E-state index is 14.0. The highest BCUT2D eigenvalue weighted by molar-refractivity contribution is 7.92. The summed E-state index contributed by atoms with van der Waals surface area (Å²) >= 11 is 0. The van der Waals surface area contributed by atoms with Crippen LogP contribution in [0.2, 0.25) is 0 Å². The molecule has 2 N–H and O–H groups in total. The Hall–Kier alpha value is -1.38.